The Kier molecular flexibility index (Phi) is 4.26. The largest absolute Gasteiger partial charge is 0.454 e. The number of amides is 1. The number of rotatable bonds is 4. The summed E-state index contributed by atoms with van der Waals surface area (Å²) in [6, 6.07) is 7.01. The number of ether oxygens (including phenoxy) is 2. The predicted octanol–water partition coefficient (Wildman–Crippen LogP) is 2.09. The molecule has 5 heteroatoms. The lowest BCUT2D eigenvalue weighted by Crippen LogP contribution is -2.36. The van der Waals surface area contributed by atoms with Crippen LogP contribution >= 0.6 is 0 Å². The molecule has 0 aromatic heterocycles. The minimum atomic E-state index is -0.482. The number of fused-ring (bicyclic) bond motifs is 1. The molecule has 1 aromatic rings. The zero-order valence-corrected chi connectivity index (χ0v) is 11.4. The number of nitrogens with zero attached hydrogens (tertiary/aromatic N) is 1. The van der Waals surface area contributed by atoms with Gasteiger partial charge in [0.1, 0.15) is 6.04 Å². The molecule has 104 valence electrons. The highest BCUT2D eigenvalue weighted by atomic mass is 16.7. The highest BCUT2D eigenvalue weighted by Gasteiger charge is 2.14. The number of carbonyl (C=O) groups excluding carboxylic acids is 1. The van der Waals surface area contributed by atoms with Crippen LogP contribution in [0.3, 0.4) is 0 Å². The molecule has 5 nitrogen and oxygen atoms in total. The van der Waals surface area contributed by atoms with E-state index in [-0.39, 0.29) is 18.6 Å². The minimum Gasteiger partial charge on any atom is -0.454 e. The monoisotopic (exact) mass is 272 g/mol. The van der Waals surface area contributed by atoms with Gasteiger partial charge >= 0.3 is 0 Å². The number of carbonyl (C=O) groups is 1. The van der Waals surface area contributed by atoms with Crippen LogP contribution in [-0.4, -0.2) is 18.7 Å². The second-order valence-corrected chi connectivity index (χ2v) is 4.81. The van der Waals surface area contributed by atoms with Gasteiger partial charge in [-0.1, -0.05) is 19.9 Å². The Labute approximate surface area is 117 Å². The minimum absolute atomic E-state index is 0.0721. The van der Waals surface area contributed by atoms with Crippen molar-refractivity contribution in [2.45, 2.75) is 19.9 Å². The molecule has 1 heterocycles. The highest BCUT2D eigenvalue weighted by Crippen LogP contribution is 2.32. The van der Waals surface area contributed by atoms with Gasteiger partial charge < -0.3 is 14.8 Å². The fraction of sp³-hybridized carbons (Fsp3) is 0.333. The lowest BCUT2D eigenvalue weighted by Gasteiger charge is -2.13. The standard InChI is InChI=1S/C15H16N2O3/c1-10(2)12(8-16)17-15(18)6-4-11-3-5-13-14(7-11)20-9-19-13/h3-7,10,12H,9H2,1-2H3,(H,17,18)/b6-4+. The van der Waals surface area contributed by atoms with E-state index in [1.54, 1.807) is 18.2 Å². The maximum atomic E-state index is 11.7. The van der Waals surface area contributed by atoms with E-state index >= 15 is 0 Å². The molecule has 1 atom stereocenters. The highest BCUT2D eigenvalue weighted by molar-refractivity contribution is 5.92. The van der Waals surface area contributed by atoms with Crippen molar-refractivity contribution in [2.75, 3.05) is 6.79 Å². The van der Waals surface area contributed by atoms with Crippen LogP contribution in [0, 0.1) is 17.2 Å². The molecule has 0 fully saturated rings. The third-order valence-corrected chi connectivity index (χ3v) is 2.93. The number of hydrogen-bond donors (Lipinski definition) is 1. The van der Waals surface area contributed by atoms with Crippen LogP contribution in [0.1, 0.15) is 19.4 Å². The molecule has 1 aliphatic rings. The summed E-state index contributed by atoms with van der Waals surface area (Å²) in [5.41, 5.74) is 0.836. The molecule has 0 saturated carbocycles. The molecule has 0 saturated heterocycles. The lowest BCUT2D eigenvalue weighted by molar-refractivity contribution is -0.117. The van der Waals surface area contributed by atoms with Gasteiger partial charge in [-0.2, -0.15) is 5.26 Å². The van der Waals surface area contributed by atoms with Crippen molar-refractivity contribution in [1.82, 2.24) is 5.32 Å². The van der Waals surface area contributed by atoms with E-state index in [0.29, 0.717) is 11.5 Å². The number of nitriles is 1. The SMILES string of the molecule is CC(C)C(C#N)NC(=O)/C=C/c1ccc2c(c1)OCO2. The van der Waals surface area contributed by atoms with Crippen molar-refractivity contribution < 1.29 is 14.3 Å². The van der Waals surface area contributed by atoms with Gasteiger partial charge in [0.05, 0.1) is 6.07 Å². The molecule has 20 heavy (non-hydrogen) atoms. The molecule has 1 aromatic carbocycles. The zero-order chi connectivity index (χ0) is 14.5. The summed E-state index contributed by atoms with van der Waals surface area (Å²) >= 11 is 0. The molecule has 1 amide bonds. The first kappa shape index (κ1) is 13.9. The zero-order valence-electron chi connectivity index (χ0n) is 11.4. The van der Waals surface area contributed by atoms with Crippen molar-refractivity contribution in [3.05, 3.63) is 29.8 Å². The Morgan fingerprint density at radius 2 is 2.15 bits per heavy atom. The third-order valence-electron chi connectivity index (χ3n) is 2.93. The van der Waals surface area contributed by atoms with Crippen LogP contribution < -0.4 is 14.8 Å². The van der Waals surface area contributed by atoms with Crippen LogP contribution in [-0.2, 0) is 4.79 Å². The van der Waals surface area contributed by atoms with E-state index in [0.717, 1.165) is 5.56 Å². The quantitative estimate of drug-likeness (QED) is 0.852. The Bertz CT molecular complexity index is 573. The van der Waals surface area contributed by atoms with E-state index in [9.17, 15) is 4.79 Å². The summed E-state index contributed by atoms with van der Waals surface area (Å²) in [6.07, 6.45) is 3.08. The number of nitrogens with one attached hydrogen (secondary N) is 1. The maximum Gasteiger partial charge on any atom is 0.245 e. The molecule has 0 bridgehead atoms. The first-order chi connectivity index (χ1) is 9.60. The van der Waals surface area contributed by atoms with Gasteiger partial charge in [-0.15, -0.1) is 0 Å². The maximum absolute atomic E-state index is 11.7. The molecule has 0 aliphatic carbocycles. The first-order valence-corrected chi connectivity index (χ1v) is 6.38. The fourth-order valence-corrected chi connectivity index (χ4v) is 1.74. The molecule has 1 unspecified atom stereocenters. The van der Waals surface area contributed by atoms with Crippen molar-refractivity contribution in [3.63, 3.8) is 0 Å². The molecule has 1 N–H and O–H groups in total. The van der Waals surface area contributed by atoms with Crippen molar-refractivity contribution in [3.8, 4) is 17.6 Å². The summed E-state index contributed by atoms with van der Waals surface area (Å²) in [5.74, 6) is 1.16. The van der Waals surface area contributed by atoms with E-state index < -0.39 is 6.04 Å². The molecular weight excluding hydrogens is 256 g/mol. The Hall–Kier alpha value is -2.48. The van der Waals surface area contributed by atoms with Gasteiger partial charge in [0.2, 0.25) is 12.7 Å². The van der Waals surface area contributed by atoms with Crippen molar-refractivity contribution in [1.29, 1.82) is 5.26 Å². The normalized spacial score (nSPS) is 14.3. The van der Waals surface area contributed by atoms with Gasteiger partial charge in [0.25, 0.3) is 0 Å². The third kappa shape index (κ3) is 3.29. The predicted molar refractivity (Wildman–Crippen MR) is 74.0 cm³/mol. The van der Waals surface area contributed by atoms with Crippen LogP contribution in [0.4, 0.5) is 0 Å². The molecule has 0 radical (unpaired) electrons. The van der Waals surface area contributed by atoms with Crippen molar-refractivity contribution in [2.24, 2.45) is 5.92 Å². The average molecular weight is 272 g/mol. The summed E-state index contributed by atoms with van der Waals surface area (Å²) in [5, 5.41) is 11.6. The summed E-state index contributed by atoms with van der Waals surface area (Å²) in [4.78, 5) is 11.7. The number of benzene rings is 1. The first-order valence-electron chi connectivity index (χ1n) is 6.38. The van der Waals surface area contributed by atoms with Crippen LogP contribution in [0.2, 0.25) is 0 Å². The van der Waals surface area contributed by atoms with Gasteiger partial charge in [0, 0.05) is 6.08 Å². The summed E-state index contributed by atoms with van der Waals surface area (Å²) in [7, 11) is 0. The Balaban J connectivity index is 1.99. The fourth-order valence-electron chi connectivity index (χ4n) is 1.74. The average Bonchev–Trinajstić information content (AvgIpc) is 2.89. The topological polar surface area (TPSA) is 71.4 Å². The molecule has 0 spiro atoms. The van der Waals surface area contributed by atoms with Crippen LogP contribution in [0.25, 0.3) is 6.08 Å². The van der Waals surface area contributed by atoms with Crippen LogP contribution in [0.5, 0.6) is 11.5 Å². The lowest BCUT2D eigenvalue weighted by atomic mass is 10.1. The Morgan fingerprint density at radius 3 is 2.85 bits per heavy atom. The molecule has 2 rings (SSSR count). The van der Waals surface area contributed by atoms with Gasteiger partial charge in [-0.3, -0.25) is 4.79 Å². The van der Waals surface area contributed by atoms with E-state index in [1.807, 2.05) is 19.9 Å². The second-order valence-electron chi connectivity index (χ2n) is 4.81. The van der Waals surface area contributed by atoms with Gasteiger partial charge in [0.15, 0.2) is 11.5 Å². The molecule has 1 aliphatic heterocycles. The van der Waals surface area contributed by atoms with E-state index in [2.05, 4.69) is 11.4 Å². The second kappa shape index (κ2) is 6.11. The Morgan fingerprint density at radius 1 is 1.40 bits per heavy atom. The van der Waals surface area contributed by atoms with Gasteiger partial charge in [-0.25, -0.2) is 0 Å². The number of hydrogen-bond acceptors (Lipinski definition) is 4. The van der Waals surface area contributed by atoms with Gasteiger partial charge in [-0.05, 0) is 29.7 Å². The smallest absolute Gasteiger partial charge is 0.245 e. The van der Waals surface area contributed by atoms with E-state index in [1.165, 1.54) is 6.08 Å². The molecular formula is C15H16N2O3. The van der Waals surface area contributed by atoms with E-state index in [4.69, 9.17) is 14.7 Å². The van der Waals surface area contributed by atoms with Crippen molar-refractivity contribution >= 4 is 12.0 Å². The summed E-state index contributed by atoms with van der Waals surface area (Å²) < 4.78 is 10.5. The van der Waals surface area contributed by atoms with Crippen LogP contribution in [0.15, 0.2) is 24.3 Å². The summed E-state index contributed by atoms with van der Waals surface area (Å²) in [6.45, 7) is 3.99.